The van der Waals surface area contributed by atoms with Crippen molar-refractivity contribution in [3.63, 3.8) is 0 Å². The van der Waals surface area contributed by atoms with Crippen LogP contribution in [0.3, 0.4) is 0 Å². The molecule has 2 aliphatic heterocycles. The highest BCUT2D eigenvalue weighted by Gasteiger charge is 2.87. The average Bonchev–Trinajstić information content (AvgIpc) is 3.44. The molecule has 0 bridgehead atoms. The van der Waals surface area contributed by atoms with Gasteiger partial charge in [0.1, 0.15) is 0 Å². The van der Waals surface area contributed by atoms with Crippen LogP contribution in [0.2, 0.25) is 0 Å². The van der Waals surface area contributed by atoms with Crippen LogP contribution in [-0.2, 0) is 18.9 Å². The van der Waals surface area contributed by atoms with Crippen LogP contribution >= 0.6 is 0 Å². The summed E-state index contributed by atoms with van der Waals surface area (Å²) in [6.45, 7) is 5.17. The number of rotatable bonds is 2. The average molecular weight is 387 g/mol. The molecule has 8 fully saturated rings. The van der Waals surface area contributed by atoms with Gasteiger partial charge >= 0.3 is 0 Å². The number of fused-ring (bicyclic) bond motifs is 4. The first-order valence-electron chi connectivity index (χ1n) is 11.9. The lowest BCUT2D eigenvalue weighted by Crippen LogP contribution is -2.56. The first kappa shape index (κ1) is 16.5. The zero-order valence-corrected chi connectivity index (χ0v) is 17.5. The molecule has 154 valence electrons. The fourth-order valence-electron chi connectivity index (χ4n) is 12.4. The smallest absolute Gasteiger partial charge is 0.163 e. The molecule has 8 rings (SSSR count). The van der Waals surface area contributed by atoms with E-state index >= 15 is 0 Å². The Bertz CT molecular complexity index is 693. The summed E-state index contributed by atoms with van der Waals surface area (Å²) in [6.07, 6.45) is 5.99. The Kier molecular flexibility index (Phi) is 2.77. The standard InChI is InChI=1S/C24H34O4/c1-23-17-9-5-7-12-14(9)20-15(17)16-18(24(20,2)22(26-4)28-12)10-6-8-11(13(10)19(16)23)27-21(23)25-3/h9-22H,5-8H2,1-4H3/t9-,10-,11-,12-,13+,14+,15+,16+,17-,18+,19-,20-,21+,22+,23+,24+/m1/s1. The first-order chi connectivity index (χ1) is 13.6. The SMILES string of the molecule is CO[C@H]1O[C@@H]2CC[C@@H]3[C@@H]2[C@@H]2[C@H]4[C@@H]5[C@H]6[C@H]7[C@@H](CC[C@H]7O[C@H](OC)[C@@]6(C)[C@@H]34)[C@H]5[C@]12C. The van der Waals surface area contributed by atoms with E-state index < -0.39 is 0 Å². The molecule has 8 aliphatic rings. The number of hydrogen-bond acceptors (Lipinski definition) is 4. The third-order valence-electron chi connectivity index (χ3n) is 12.2. The molecule has 0 spiro atoms. The molecule has 16 atom stereocenters. The Labute approximate surface area is 168 Å². The summed E-state index contributed by atoms with van der Waals surface area (Å²) >= 11 is 0. The lowest BCUT2D eigenvalue weighted by molar-refractivity contribution is -0.287. The van der Waals surface area contributed by atoms with E-state index in [0.29, 0.717) is 12.2 Å². The van der Waals surface area contributed by atoms with Gasteiger partial charge in [0.15, 0.2) is 12.6 Å². The Morgan fingerprint density at radius 2 is 1.04 bits per heavy atom. The van der Waals surface area contributed by atoms with Gasteiger partial charge < -0.3 is 18.9 Å². The van der Waals surface area contributed by atoms with Gasteiger partial charge in [0, 0.05) is 25.0 Å². The molecule has 0 unspecified atom stereocenters. The minimum absolute atomic E-state index is 0.00329. The molecule has 6 saturated carbocycles. The Hall–Kier alpha value is -0.160. The van der Waals surface area contributed by atoms with Gasteiger partial charge in [-0.25, -0.2) is 0 Å². The molecule has 0 aromatic rings. The van der Waals surface area contributed by atoms with Crippen LogP contribution in [0.15, 0.2) is 0 Å². The predicted octanol–water partition coefficient (Wildman–Crippen LogP) is 3.55. The Morgan fingerprint density at radius 1 is 0.607 bits per heavy atom. The maximum absolute atomic E-state index is 6.78. The van der Waals surface area contributed by atoms with Crippen LogP contribution in [0.5, 0.6) is 0 Å². The first-order valence-corrected chi connectivity index (χ1v) is 11.9. The molecule has 4 nitrogen and oxygen atoms in total. The zero-order valence-electron chi connectivity index (χ0n) is 17.5. The van der Waals surface area contributed by atoms with Gasteiger partial charge in [-0.3, -0.25) is 0 Å². The fraction of sp³-hybridized carbons (Fsp3) is 1.00. The summed E-state index contributed by atoms with van der Waals surface area (Å²) in [6, 6.07) is 0. The molecule has 2 heterocycles. The number of methoxy groups -OCH3 is 2. The minimum atomic E-state index is -0.00329. The van der Waals surface area contributed by atoms with Crippen molar-refractivity contribution in [1.29, 1.82) is 0 Å². The monoisotopic (exact) mass is 386 g/mol. The van der Waals surface area contributed by atoms with Crippen molar-refractivity contribution in [3.05, 3.63) is 0 Å². The highest BCUT2D eigenvalue weighted by atomic mass is 16.7. The summed E-state index contributed by atoms with van der Waals surface area (Å²) in [5.41, 5.74) is 0.396. The van der Waals surface area contributed by atoms with Crippen molar-refractivity contribution in [2.45, 2.75) is 64.3 Å². The van der Waals surface area contributed by atoms with E-state index in [9.17, 15) is 0 Å². The molecule has 0 aromatic carbocycles. The van der Waals surface area contributed by atoms with Crippen molar-refractivity contribution >= 4 is 0 Å². The summed E-state index contributed by atoms with van der Waals surface area (Å²) in [5.74, 6) is 7.96. The van der Waals surface area contributed by atoms with E-state index in [1.54, 1.807) is 0 Å². The third kappa shape index (κ3) is 1.32. The van der Waals surface area contributed by atoms with E-state index in [-0.39, 0.29) is 23.4 Å². The molecule has 0 amide bonds. The van der Waals surface area contributed by atoms with Crippen molar-refractivity contribution in [3.8, 4) is 0 Å². The van der Waals surface area contributed by atoms with Gasteiger partial charge in [0.2, 0.25) is 0 Å². The summed E-state index contributed by atoms with van der Waals surface area (Å²) in [4.78, 5) is 0. The molecular weight excluding hydrogens is 352 g/mol. The van der Waals surface area contributed by atoms with Crippen molar-refractivity contribution < 1.29 is 18.9 Å². The summed E-state index contributed by atoms with van der Waals surface area (Å²) in [7, 11) is 3.80. The topological polar surface area (TPSA) is 36.9 Å². The van der Waals surface area contributed by atoms with Gasteiger partial charge in [-0.05, 0) is 84.9 Å². The van der Waals surface area contributed by atoms with Crippen LogP contribution in [0.25, 0.3) is 0 Å². The van der Waals surface area contributed by atoms with Crippen LogP contribution in [0.4, 0.5) is 0 Å². The van der Waals surface area contributed by atoms with Crippen LogP contribution < -0.4 is 0 Å². The van der Waals surface area contributed by atoms with E-state index in [4.69, 9.17) is 18.9 Å². The molecule has 0 N–H and O–H groups in total. The summed E-state index contributed by atoms with van der Waals surface area (Å²) < 4.78 is 25.9. The van der Waals surface area contributed by atoms with Crippen molar-refractivity contribution in [1.82, 2.24) is 0 Å². The van der Waals surface area contributed by atoms with E-state index in [1.807, 2.05) is 14.2 Å². The van der Waals surface area contributed by atoms with Crippen LogP contribution in [0.1, 0.15) is 39.5 Å². The second-order valence-electron chi connectivity index (χ2n) is 12.1. The zero-order chi connectivity index (χ0) is 18.7. The maximum atomic E-state index is 6.78. The van der Waals surface area contributed by atoms with Gasteiger partial charge in [-0.15, -0.1) is 0 Å². The van der Waals surface area contributed by atoms with E-state index in [1.165, 1.54) is 25.7 Å². The minimum Gasteiger partial charge on any atom is -0.355 e. The second-order valence-corrected chi connectivity index (χ2v) is 12.1. The van der Waals surface area contributed by atoms with Crippen molar-refractivity contribution in [2.75, 3.05) is 14.2 Å². The quantitative estimate of drug-likeness (QED) is 0.727. The lowest BCUT2D eigenvalue weighted by atomic mass is 9.61. The second kappa shape index (κ2) is 4.69. The van der Waals surface area contributed by atoms with Crippen LogP contribution in [0, 0.1) is 70.0 Å². The van der Waals surface area contributed by atoms with Gasteiger partial charge in [-0.2, -0.15) is 0 Å². The highest BCUT2D eigenvalue weighted by Crippen LogP contribution is 2.87. The lowest BCUT2D eigenvalue weighted by Gasteiger charge is -2.53. The molecule has 0 radical (unpaired) electrons. The van der Waals surface area contributed by atoms with E-state index in [2.05, 4.69) is 13.8 Å². The van der Waals surface area contributed by atoms with Gasteiger partial charge in [-0.1, -0.05) is 13.8 Å². The van der Waals surface area contributed by atoms with Gasteiger partial charge in [0.05, 0.1) is 12.2 Å². The van der Waals surface area contributed by atoms with Crippen LogP contribution in [-0.4, -0.2) is 39.0 Å². The molecule has 0 aromatic heterocycles. The Balaban J connectivity index is 1.41. The third-order valence-corrected chi connectivity index (χ3v) is 12.2. The van der Waals surface area contributed by atoms with Gasteiger partial charge in [0.25, 0.3) is 0 Å². The predicted molar refractivity (Wildman–Crippen MR) is 101 cm³/mol. The molecular formula is C24H34O4. The molecule has 2 saturated heterocycles. The van der Waals surface area contributed by atoms with Crippen molar-refractivity contribution in [2.24, 2.45) is 70.0 Å². The molecule has 28 heavy (non-hydrogen) atoms. The number of ether oxygens (including phenoxy) is 4. The van der Waals surface area contributed by atoms with E-state index in [0.717, 1.165) is 59.2 Å². The molecule has 6 aliphatic carbocycles. The number of hydrogen-bond donors (Lipinski definition) is 0. The Morgan fingerprint density at radius 3 is 1.43 bits per heavy atom. The summed E-state index contributed by atoms with van der Waals surface area (Å²) in [5, 5.41) is 0. The fourth-order valence-corrected chi connectivity index (χ4v) is 12.4. The molecule has 4 heteroatoms. The highest BCUT2D eigenvalue weighted by molar-refractivity contribution is 5.32. The normalized spacial score (nSPS) is 74.1. The largest absolute Gasteiger partial charge is 0.355 e. The maximum Gasteiger partial charge on any atom is 0.163 e.